The van der Waals surface area contributed by atoms with Gasteiger partial charge in [-0.05, 0) is 12.1 Å². The SMILES string of the molecule is COc1cccc(NC(N)=NC2CC(F)(F)C2)c1.I. The van der Waals surface area contributed by atoms with Crippen molar-refractivity contribution in [2.75, 3.05) is 12.4 Å². The molecule has 0 bridgehead atoms. The Balaban J connectivity index is 0.00000180. The molecule has 0 atom stereocenters. The fourth-order valence-electron chi connectivity index (χ4n) is 1.80. The Morgan fingerprint density at radius 3 is 2.74 bits per heavy atom. The third-order valence-electron chi connectivity index (χ3n) is 2.73. The number of nitrogens with one attached hydrogen (secondary N) is 1. The van der Waals surface area contributed by atoms with Crippen molar-refractivity contribution >= 4 is 35.6 Å². The third-order valence-corrected chi connectivity index (χ3v) is 2.73. The van der Waals surface area contributed by atoms with Crippen molar-refractivity contribution in [3.05, 3.63) is 24.3 Å². The van der Waals surface area contributed by atoms with Crippen molar-refractivity contribution < 1.29 is 13.5 Å². The standard InChI is InChI=1S/C12H15F2N3O.HI/c1-18-10-4-2-3-8(5-10)16-11(15)17-9-6-12(13,14)7-9;/h2-5,9H,6-7H2,1H3,(H3,15,16,17);1H. The maximum absolute atomic E-state index is 12.6. The van der Waals surface area contributed by atoms with Crippen molar-refractivity contribution in [1.82, 2.24) is 0 Å². The summed E-state index contributed by atoms with van der Waals surface area (Å²) < 4.78 is 30.3. The number of nitrogens with two attached hydrogens (primary N) is 1. The Morgan fingerprint density at radius 2 is 2.16 bits per heavy atom. The number of aliphatic imine (C=N–C) groups is 1. The summed E-state index contributed by atoms with van der Waals surface area (Å²) in [7, 11) is 1.56. The Labute approximate surface area is 127 Å². The first-order chi connectivity index (χ1) is 8.48. The number of rotatable bonds is 3. The average Bonchev–Trinajstić information content (AvgIpc) is 2.26. The fourth-order valence-corrected chi connectivity index (χ4v) is 1.80. The second-order valence-corrected chi connectivity index (χ2v) is 4.29. The number of guanidine groups is 1. The van der Waals surface area contributed by atoms with E-state index in [0.717, 1.165) is 0 Å². The molecule has 0 radical (unpaired) electrons. The van der Waals surface area contributed by atoms with E-state index < -0.39 is 12.0 Å². The molecule has 0 aliphatic heterocycles. The van der Waals surface area contributed by atoms with E-state index in [9.17, 15) is 8.78 Å². The van der Waals surface area contributed by atoms with Crippen LogP contribution in [0.15, 0.2) is 29.3 Å². The van der Waals surface area contributed by atoms with Crippen LogP contribution in [-0.4, -0.2) is 25.0 Å². The van der Waals surface area contributed by atoms with Crippen molar-refractivity contribution in [3.8, 4) is 5.75 Å². The molecule has 1 aromatic carbocycles. The second kappa shape index (κ2) is 6.36. The molecule has 0 heterocycles. The zero-order valence-corrected chi connectivity index (χ0v) is 12.7. The molecule has 7 heteroatoms. The molecule has 4 nitrogen and oxygen atoms in total. The first kappa shape index (κ1) is 15.9. The summed E-state index contributed by atoms with van der Waals surface area (Å²) in [5.74, 6) is -1.75. The number of nitrogens with zero attached hydrogens (tertiary/aromatic N) is 1. The van der Waals surface area contributed by atoms with Crippen molar-refractivity contribution in [3.63, 3.8) is 0 Å². The van der Waals surface area contributed by atoms with Gasteiger partial charge in [-0.25, -0.2) is 13.8 Å². The smallest absolute Gasteiger partial charge is 0.252 e. The number of hydrogen-bond acceptors (Lipinski definition) is 2. The number of alkyl halides is 2. The van der Waals surface area contributed by atoms with Gasteiger partial charge in [0.1, 0.15) is 5.75 Å². The van der Waals surface area contributed by atoms with Gasteiger partial charge in [0.2, 0.25) is 0 Å². The highest BCUT2D eigenvalue weighted by atomic mass is 127. The lowest BCUT2D eigenvalue weighted by molar-refractivity contribution is -0.0834. The minimum Gasteiger partial charge on any atom is -0.497 e. The molecule has 1 fully saturated rings. The molecular weight excluding hydrogens is 367 g/mol. The number of benzene rings is 1. The van der Waals surface area contributed by atoms with Gasteiger partial charge in [-0.2, -0.15) is 0 Å². The lowest BCUT2D eigenvalue weighted by atomic mass is 9.89. The first-order valence-electron chi connectivity index (χ1n) is 5.61. The molecule has 1 saturated carbocycles. The van der Waals surface area contributed by atoms with Gasteiger partial charge in [0, 0.05) is 24.6 Å². The van der Waals surface area contributed by atoms with E-state index in [1.807, 2.05) is 0 Å². The molecule has 19 heavy (non-hydrogen) atoms. The van der Waals surface area contributed by atoms with Gasteiger partial charge in [0.15, 0.2) is 5.96 Å². The van der Waals surface area contributed by atoms with Gasteiger partial charge in [-0.1, -0.05) is 6.07 Å². The van der Waals surface area contributed by atoms with Crippen LogP contribution in [0.2, 0.25) is 0 Å². The highest BCUT2D eigenvalue weighted by Crippen LogP contribution is 2.39. The number of ether oxygens (including phenoxy) is 1. The van der Waals surface area contributed by atoms with E-state index in [-0.39, 0.29) is 42.8 Å². The van der Waals surface area contributed by atoms with Crippen LogP contribution in [0.1, 0.15) is 12.8 Å². The van der Waals surface area contributed by atoms with Gasteiger partial charge >= 0.3 is 0 Å². The zero-order valence-electron chi connectivity index (χ0n) is 10.4. The molecule has 0 saturated heterocycles. The van der Waals surface area contributed by atoms with Gasteiger partial charge < -0.3 is 15.8 Å². The van der Waals surface area contributed by atoms with E-state index in [4.69, 9.17) is 10.5 Å². The topological polar surface area (TPSA) is 59.6 Å². The summed E-state index contributed by atoms with van der Waals surface area (Å²) in [6.07, 6.45) is -0.457. The number of halogens is 3. The van der Waals surface area contributed by atoms with E-state index in [0.29, 0.717) is 11.4 Å². The lowest BCUT2D eigenvalue weighted by Gasteiger charge is -2.32. The quantitative estimate of drug-likeness (QED) is 0.480. The van der Waals surface area contributed by atoms with Crippen LogP contribution in [0.4, 0.5) is 14.5 Å². The maximum Gasteiger partial charge on any atom is 0.252 e. The third kappa shape index (κ3) is 4.48. The van der Waals surface area contributed by atoms with E-state index in [2.05, 4.69) is 10.3 Å². The van der Waals surface area contributed by atoms with E-state index in [1.165, 1.54) is 0 Å². The van der Waals surface area contributed by atoms with Gasteiger partial charge in [0.25, 0.3) is 5.92 Å². The van der Waals surface area contributed by atoms with Crippen LogP contribution in [0, 0.1) is 0 Å². The van der Waals surface area contributed by atoms with Crippen LogP contribution >= 0.6 is 24.0 Å². The molecule has 0 unspecified atom stereocenters. The lowest BCUT2D eigenvalue weighted by Crippen LogP contribution is -2.40. The Bertz CT molecular complexity index is 460. The molecule has 1 aliphatic rings. The molecule has 2 rings (SSSR count). The maximum atomic E-state index is 12.6. The zero-order chi connectivity index (χ0) is 13.2. The molecule has 0 spiro atoms. The summed E-state index contributed by atoms with van der Waals surface area (Å²) in [6, 6.07) is 6.74. The normalized spacial score (nSPS) is 18.2. The predicted molar refractivity (Wildman–Crippen MR) is 81.6 cm³/mol. The Hall–Kier alpha value is -1.12. The number of anilines is 1. The molecule has 0 aromatic heterocycles. The van der Waals surface area contributed by atoms with Crippen LogP contribution in [-0.2, 0) is 0 Å². The minimum absolute atomic E-state index is 0. The number of methoxy groups -OCH3 is 1. The van der Waals surface area contributed by atoms with Gasteiger partial charge in [0.05, 0.1) is 13.2 Å². The summed E-state index contributed by atoms with van der Waals surface area (Å²) in [4.78, 5) is 3.99. The van der Waals surface area contributed by atoms with Crippen LogP contribution < -0.4 is 15.8 Å². The van der Waals surface area contributed by atoms with Crippen LogP contribution in [0.3, 0.4) is 0 Å². The van der Waals surface area contributed by atoms with Gasteiger partial charge in [-0.15, -0.1) is 24.0 Å². The number of hydrogen-bond donors (Lipinski definition) is 2. The molecule has 106 valence electrons. The van der Waals surface area contributed by atoms with E-state index in [1.54, 1.807) is 31.4 Å². The highest BCUT2D eigenvalue weighted by molar-refractivity contribution is 14.0. The highest BCUT2D eigenvalue weighted by Gasteiger charge is 2.45. The Kier molecular flexibility index (Phi) is 5.33. The molecule has 3 N–H and O–H groups in total. The van der Waals surface area contributed by atoms with Crippen molar-refractivity contribution in [1.29, 1.82) is 0 Å². The second-order valence-electron chi connectivity index (χ2n) is 4.29. The van der Waals surface area contributed by atoms with Crippen LogP contribution in [0.25, 0.3) is 0 Å². The van der Waals surface area contributed by atoms with Crippen molar-refractivity contribution in [2.24, 2.45) is 10.7 Å². The molecule has 0 amide bonds. The molecule has 1 aliphatic carbocycles. The first-order valence-corrected chi connectivity index (χ1v) is 5.61. The molecular formula is C12H16F2IN3O. The predicted octanol–water partition coefficient (Wildman–Crippen LogP) is 2.84. The summed E-state index contributed by atoms with van der Waals surface area (Å²) in [6.45, 7) is 0. The fraction of sp³-hybridized carbons (Fsp3) is 0.417. The summed E-state index contributed by atoms with van der Waals surface area (Å²) in [5, 5.41) is 2.85. The van der Waals surface area contributed by atoms with Crippen LogP contribution in [0.5, 0.6) is 5.75 Å². The minimum atomic E-state index is -2.58. The average molecular weight is 383 g/mol. The van der Waals surface area contributed by atoms with Gasteiger partial charge in [-0.3, -0.25) is 0 Å². The molecule has 1 aromatic rings. The van der Waals surface area contributed by atoms with E-state index >= 15 is 0 Å². The van der Waals surface area contributed by atoms with Crippen molar-refractivity contribution in [2.45, 2.75) is 24.8 Å². The largest absolute Gasteiger partial charge is 0.497 e. The monoisotopic (exact) mass is 383 g/mol. The summed E-state index contributed by atoms with van der Waals surface area (Å²) in [5.41, 5.74) is 6.36. The Morgan fingerprint density at radius 1 is 1.47 bits per heavy atom. The summed E-state index contributed by atoms with van der Waals surface area (Å²) >= 11 is 0.